The monoisotopic (exact) mass is 357 g/mol. The Kier molecular flexibility index (Phi) is 4.87. The number of anilines is 1. The Labute approximate surface area is 156 Å². The quantitative estimate of drug-likeness (QED) is 0.512. The SMILES string of the molecule is O=C(CCc1ccccc1)c1cnn2ccc(NCc3cccnc3)nc12. The molecule has 0 aliphatic carbocycles. The van der Waals surface area contributed by atoms with Crippen LogP contribution in [-0.2, 0) is 13.0 Å². The molecule has 0 aliphatic rings. The first kappa shape index (κ1) is 16.9. The third kappa shape index (κ3) is 4.00. The molecule has 0 saturated carbocycles. The van der Waals surface area contributed by atoms with Crippen LogP contribution in [0.3, 0.4) is 0 Å². The van der Waals surface area contributed by atoms with E-state index in [0.29, 0.717) is 36.4 Å². The number of hydrogen-bond donors (Lipinski definition) is 1. The number of fused-ring (bicyclic) bond motifs is 1. The van der Waals surface area contributed by atoms with E-state index >= 15 is 0 Å². The van der Waals surface area contributed by atoms with Gasteiger partial charge in [0.15, 0.2) is 11.4 Å². The fraction of sp³-hybridized carbons (Fsp3) is 0.143. The number of aromatic nitrogens is 4. The molecule has 0 atom stereocenters. The number of pyridine rings is 1. The molecule has 4 aromatic rings. The summed E-state index contributed by atoms with van der Waals surface area (Å²) in [6, 6.07) is 15.7. The van der Waals surface area contributed by atoms with Crippen LogP contribution in [0.1, 0.15) is 27.9 Å². The highest BCUT2D eigenvalue weighted by Gasteiger charge is 2.14. The van der Waals surface area contributed by atoms with Crippen molar-refractivity contribution >= 4 is 17.2 Å². The Morgan fingerprint density at radius 1 is 1.00 bits per heavy atom. The molecule has 1 N–H and O–H groups in total. The molecule has 27 heavy (non-hydrogen) atoms. The van der Waals surface area contributed by atoms with Crippen LogP contribution in [0.15, 0.2) is 73.3 Å². The van der Waals surface area contributed by atoms with Gasteiger partial charge < -0.3 is 5.32 Å². The molecule has 6 nitrogen and oxygen atoms in total. The van der Waals surface area contributed by atoms with Crippen molar-refractivity contribution in [2.45, 2.75) is 19.4 Å². The maximum absolute atomic E-state index is 12.7. The van der Waals surface area contributed by atoms with Gasteiger partial charge in [-0.1, -0.05) is 36.4 Å². The fourth-order valence-corrected chi connectivity index (χ4v) is 2.90. The number of carbonyl (C=O) groups excluding carboxylic acids is 1. The maximum atomic E-state index is 12.7. The van der Waals surface area contributed by atoms with Gasteiger partial charge in [0.1, 0.15) is 5.82 Å². The van der Waals surface area contributed by atoms with Crippen molar-refractivity contribution in [2.24, 2.45) is 0 Å². The average Bonchev–Trinajstić information content (AvgIpc) is 3.15. The fourth-order valence-electron chi connectivity index (χ4n) is 2.90. The predicted octanol–water partition coefficient (Wildman–Crippen LogP) is 3.55. The lowest BCUT2D eigenvalue weighted by atomic mass is 10.0. The molecule has 0 aliphatic heterocycles. The Hall–Kier alpha value is -3.54. The van der Waals surface area contributed by atoms with Gasteiger partial charge in [0, 0.05) is 31.6 Å². The molecule has 134 valence electrons. The smallest absolute Gasteiger partial charge is 0.168 e. The van der Waals surface area contributed by atoms with Crippen molar-refractivity contribution in [3.63, 3.8) is 0 Å². The summed E-state index contributed by atoms with van der Waals surface area (Å²) < 4.78 is 1.63. The summed E-state index contributed by atoms with van der Waals surface area (Å²) in [4.78, 5) is 21.3. The van der Waals surface area contributed by atoms with Gasteiger partial charge in [-0.25, -0.2) is 9.50 Å². The number of Topliss-reactive ketones (excluding diaryl/α,β-unsaturated/α-hetero) is 1. The van der Waals surface area contributed by atoms with Crippen molar-refractivity contribution in [3.05, 3.63) is 90.0 Å². The average molecular weight is 357 g/mol. The summed E-state index contributed by atoms with van der Waals surface area (Å²) in [7, 11) is 0. The third-order valence-corrected chi connectivity index (χ3v) is 4.35. The van der Waals surface area contributed by atoms with Crippen molar-refractivity contribution in [3.8, 4) is 0 Å². The first-order valence-electron chi connectivity index (χ1n) is 8.84. The van der Waals surface area contributed by atoms with E-state index in [9.17, 15) is 4.79 Å². The number of benzene rings is 1. The molecule has 4 rings (SSSR count). The van der Waals surface area contributed by atoms with Gasteiger partial charge in [-0.15, -0.1) is 0 Å². The minimum atomic E-state index is 0.0470. The van der Waals surface area contributed by atoms with Crippen LogP contribution in [0.5, 0.6) is 0 Å². The lowest BCUT2D eigenvalue weighted by molar-refractivity contribution is 0.0984. The van der Waals surface area contributed by atoms with Crippen LogP contribution in [0.4, 0.5) is 5.82 Å². The molecule has 3 aromatic heterocycles. The van der Waals surface area contributed by atoms with Crippen LogP contribution < -0.4 is 5.32 Å². The highest BCUT2D eigenvalue weighted by Crippen LogP contribution is 2.15. The third-order valence-electron chi connectivity index (χ3n) is 4.35. The van der Waals surface area contributed by atoms with Gasteiger partial charge >= 0.3 is 0 Å². The van der Waals surface area contributed by atoms with Gasteiger partial charge in [0.25, 0.3) is 0 Å². The van der Waals surface area contributed by atoms with Crippen molar-refractivity contribution in [1.29, 1.82) is 0 Å². The van der Waals surface area contributed by atoms with E-state index < -0.39 is 0 Å². The van der Waals surface area contributed by atoms with E-state index in [4.69, 9.17) is 0 Å². The van der Waals surface area contributed by atoms with E-state index in [-0.39, 0.29) is 5.78 Å². The Morgan fingerprint density at radius 2 is 1.85 bits per heavy atom. The number of rotatable bonds is 7. The molecule has 0 fully saturated rings. The standard InChI is InChI=1S/C21H19N5O/c27-19(9-8-16-5-2-1-3-6-16)18-15-24-26-12-10-20(25-21(18)26)23-14-17-7-4-11-22-13-17/h1-7,10-13,15H,8-9,14H2,(H,23,25). The van der Waals surface area contributed by atoms with Gasteiger partial charge in [0.2, 0.25) is 0 Å². The van der Waals surface area contributed by atoms with Gasteiger partial charge in [-0.3, -0.25) is 9.78 Å². The first-order chi connectivity index (χ1) is 13.3. The second-order valence-electron chi connectivity index (χ2n) is 6.26. The zero-order valence-electron chi connectivity index (χ0n) is 14.7. The zero-order chi connectivity index (χ0) is 18.5. The Balaban J connectivity index is 1.48. The topological polar surface area (TPSA) is 72.2 Å². The first-order valence-corrected chi connectivity index (χ1v) is 8.84. The van der Waals surface area contributed by atoms with Crippen LogP contribution in [0.2, 0.25) is 0 Å². The largest absolute Gasteiger partial charge is 0.366 e. The number of aryl methyl sites for hydroxylation is 1. The molecule has 0 radical (unpaired) electrons. The molecule has 1 aromatic carbocycles. The van der Waals surface area contributed by atoms with Gasteiger partial charge in [0.05, 0.1) is 11.8 Å². The van der Waals surface area contributed by atoms with Crippen LogP contribution in [-0.4, -0.2) is 25.4 Å². The molecule has 0 bridgehead atoms. The molecular formula is C21H19N5O. The Morgan fingerprint density at radius 3 is 2.67 bits per heavy atom. The van der Waals surface area contributed by atoms with E-state index in [1.165, 1.54) is 0 Å². The second-order valence-corrected chi connectivity index (χ2v) is 6.26. The molecule has 0 spiro atoms. The Bertz CT molecular complexity index is 1040. The van der Waals surface area contributed by atoms with Gasteiger partial charge in [-0.05, 0) is 29.7 Å². The van der Waals surface area contributed by atoms with Gasteiger partial charge in [-0.2, -0.15) is 5.10 Å². The minimum absolute atomic E-state index is 0.0470. The summed E-state index contributed by atoms with van der Waals surface area (Å²) in [5, 5.41) is 7.51. The van der Waals surface area contributed by atoms with E-state index in [2.05, 4.69) is 20.4 Å². The van der Waals surface area contributed by atoms with Crippen molar-refractivity contribution in [1.82, 2.24) is 19.6 Å². The molecule has 3 heterocycles. The summed E-state index contributed by atoms with van der Waals surface area (Å²) >= 11 is 0. The highest BCUT2D eigenvalue weighted by atomic mass is 16.1. The number of hydrogen-bond acceptors (Lipinski definition) is 5. The summed E-state index contributed by atoms with van der Waals surface area (Å²) in [6.07, 6.45) is 8.09. The lowest BCUT2D eigenvalue weighted by Gasteiger charge is -2.06. The second kappa shape index (κ2) is 7.78. The van der Waals surface area contributed by atoms with E-state index in [1.807, 2.05) is 60.9 Å². The molecule has 0 unspecified atom stereocenters. The lowest BCUT2D eigenvalue weighted by Crippen LogP contribution is -2.05. The highest BCUT2D eigenvalue weighted by molar-refractivity contribution is 6.01. The molecule has 0 amide bonds. The molecule has 0 saturated heterocycles. The number of nitrogens with one attached hydrogen (secondary N) is 1. The van der Waals surface area contributed by atoms with E-state index in [0.717, 1.165) is 11.1 Å². The van der Waals surface area contributed by atoms with Crippen LogP contribution in [0, 0.1) is 0 Å². The molecule has 6 heteroatoms. The van der Waals surface area contributed by atoms with Crippen molar-refractivity contribution in [2.75, 3.05) is 5.32 Å². The zero-order valence-corrected chi connectivity index (χ0v) is 14.7. The summed E-state index contributed by atoms with van der Waals surface area (Å²) in [6.45, 7) is 0.614. The van der Waals surface area contributed by atoms with Crippen LogP contribution >= 0.6 is 0 Å². The van der Waals surface area contributed by atoms with Crippen molar-refractivity contribution < 1.29 is 4.79 Å². The molecular weight excluding hydrogens is 338 g/mol. The number of ketones is 1. The summed E-state index contributed by atoms with van der Waals surface area (Å²) in [5.41, 5.74) is 3.33. The number of nitrogens with zero attached hydrogens (tertiary/aromatic N) is 4. The number of carbonyl (C=O) groups is 1. The maximum Gasteiger partial charge on any atom is 0.168 e. The van der Waals surface area contributed by atoms with E-state index in [1.54, 1.807) is 16.9 Å². The predicted molar refractivity (Wildman–Crippen MR) is 104 cm³/mol. The minimum Gasteiger partial charge on any atom is -0.366 e. The summed E-state index contributed by atoms with van der Waals surface area (Å²) in [5.74, 6) is 0.745. The van der Waals surface area contributed by atoms with Crippen LogP contribution in [0.25, 0.3) is 5.65 Å². The normalized spacial score (nSPS) is 10.8.